The monoisotopic (exact) mass is 204 g/mol. The minimum Gasteiger partial charge on any atom is -0.380 e. The van der Waals surface area contributed by atoms with E-state index in [1.807, 2.05) is 0 Å². The van der Waals surface area contributed by atoms with Crippen molar-refractivity contribution in [2.24, 2.45) is 5.92 Å². The van der Waals surface area contributed by atoms with Crippen LogP contribution in [0.4, 0.5) is 0 Å². The van der Waals surface area contributed by atoms with Crippen LogP contribution in [0.5, 0.6) is 0 Å². The van der Waals surface area contributed by atoms with E-state index in [-0.39, 0.29) is 5.92 Å². The van der Waals surface area contributed by atoms with Gasteiger partial charge in [-0.25, -0.2) is 0 Å². The first-order valence-corrected chi connectivity index (χ1v) is 5.38. The second-order valence-corrected chi connectivity index (χ2v) is 4.18. The van der Waals surface area contributed by atoms with Crippen molar-refractivity contribution < 1.29 is 9.53 Å². The van der Waals surface area contributed by atoms with E-state index in [1.54, 1.807) is 7.11 Å². The van der Waals surface area contributed by atoms with Gasteiger partial charge in [-0.15, -0.1) is 0 Å². The van der Waals surface area contributed by atoms with Crippen LogP contribution in [0.15, 0.2) is 18.2 Å². The molecule has 2 heteroatoms. The molecular weight excluding hydrogens is 188 g/mol. The first-order chi connectivity index (χ1) is 7.33. The predicted octanol–water partition coefficient (Wildman–Crippen LogP) is 2.14. The summed E-state index contributed by atoms with van der Waals surface area (Å²) in [5.74, 6) is 0.228. The number of rotatable bonds is 3. The molecule has 1 aliphatic carbocycles. The summed E-state index contributed by atoms with van der Waals surface area (Å²) in [6.45, 7) is 0.671. The summed E-state index contributed by atoms with van der Waals surface area (Å²) < 4.78 is 5.11. The van der Waals surface area contributed by atoms with Gasteiger partial charge in [-0.1, -0.05) is 18.2 Å². The quantitative estimate of drug-likeness (QED) is 0.705. The molecule has 1 atom stereocenters. The van der Waals surface area contributed by atoms with Crippen molar-refractivity contribution in [3.63, 3.8) is 0 Å². The van der Waals surface area contributed by atoms with Crippen LogP contribution in [0, 0.1) is 5.92 Å². The van der Waals surface area contributed by atoms with Crippen molar-refractivity contribution in [1.82, 2.24) is 0 Å². The molecule has 0 spiro atoms. The van der Waals surface area contributed by atoms with Gasteiger partial charge in [0.1, 0.15) is 6.29 Å². The highest BCUT2D eigenvalue weighted by atomic mass is 16.5. The second kappa shape index (κ2) is 4.58. The van der Waals surface area contributed by atoms with E-state index in [1.165, 1.54) is 16.7 Å². The SMILES string of the molecule is COCc1ccc2c(c1)CC[C@@H](C=O)C2. The van der Waals surface area contributed by atoms with Crippen molar-refractivity contribution in [2.75, 3.05) is 7.11 Å². The number of hydrogen-bond acceptors (Lipinski definition) is 2. The number of benzene rings is 1. The number of carbonyl (C=O) groups excluding carboxylic acids is 1. The highest BCUT2D eigenvalue weighted by Gasteiger charge is 2.17. The molecule has 0 aliphatic heterocycles. The van der Waals surface area contributed by atoms with Crippen LogP contribution in [0.1, 0.15) is 23.1 Å². The van der Waals surface area contributed by atoms with E-state index in [2.05, 4.69) is 18.2 Å². The van der Waals surface area contributed by atoms with Gasteiger partial charge in [-0.3, -0.25) is 0 Å². The van der Waals surface area contributed by atoms with Gasteiger partial charge >= 0.3 is 0 Å². The summed E-state index contributed by atoms with van der Waals surface area (Å²) in [7, 11) is 1.71. The summed E-state index contributed by atoms with van der Waals surface area (Å²) >= 11 is 0. The summed E-state index contributed by atoms with van der Waals surface area (Å²) in [4.78, 5) is 10.7. The van der Waals surface area contributed by atoms with E-state index < -0.39 is 0 Å². The molecule has 15 heavy (non-hydrogen) atoms. The zero-order valence-electron chi connectivity index (χ0n) is 9.03. The molecule has 0 aromatic heterocycles. The van der Waals surface area contributed by atoms with Gasteiger partial charge in [-0.05, 0) is 36.0 Å². The fraction of sp³-hybridized carbons (Fsp3) is 0.462. The van der Waals surface area contributed by atoms with Gasteiger partial charge in [0.2, 0.25) is 0 Å². The van der Waals surface area contributed by atoms with Gasteiger partial charge in [0.05, 0.1) is 6.61 Å². The molecule has 0 fully saturated rings. The van der Waals surface area contributed by atoms with Gasteiger partial charge in [0.25, 0.3) is 0 Å². The van der Waals surface area contributed by atoms with Gasteiger partial charge in [0, 0.05) is 13.0 Å². The molecule has 1 aromatic carbocycles. The second-order valence-electron chi connectivity index (χ2n) is 4.18. The number of aryl methyl sites for hydroxylation is 1. The first kappa shape index (κ1) is 10.4. The van der Waals surface area contributed by atoms with Crippen molar-refractivity contribution in [1.29, 1.82) is 0 Å². The highest BCUT2D eigenvalue weighted by molar-refractivity contribution is 5.56. The van der Waals surface area contributed by atoms with Crippen LogP contribution < -0.4 is 0 Å². The standard InChI is InChI=1S/C13H16O2/c1-15-9-11-3-5-12-6-10(8-14)2-4-13(12)7-11/h3,5,7-8,10H,2,4,6,9H2,1H3/t10-/m1/s1. The Bertz CT molecular complexity index is 358. The van der Waals surface area contributed by atoms with Crippen LogP contribution in [-0.2, 0) is 29.0 Å². The molecule has 0 heterocycles. The Morgan fingerprint density at radius 1 is 1.47 bits per heavy atom. The third-order valence-electron chi connectivity index (χ3n) is 3.04. The van der Waals surface area contributed by atoms with Gasteiger partial charge in [0.15, 0.2) is 0 Å². The zero-order chi connectivity index (χ0) is 10.7. The molecule has 1 aromatic rings. The van der Waals surface area contributed by atoms with E-state index in [9.17, 15) is 4.79 Å². The fourth-order valence-electron chi connectivity index (χ4n) is 2.21. The largest absolute Gasteiger partial charge is 0.380 e. The Balaban J connectivity index is 2.20. The van der Waals surface area contributed by atoms with Crippen molar-refractivity contribution >= 4 is 6.29 Å². The third kappa shape index (κ3) is 2.26. The number of methoxy groups -OCH3 is 1. The van der Waals surface area contributed by atoms with Crippen LogP contribution in [0.25, 0.3) is 0 Å². The maximum absolute atomic E-state index is 10.7. The van der Waals surface area contributed by atoms with E-state index in [0.717, 1.165) is 25.5 Å². The Labute approximate surface area is 90.3 Å². The summed E-state index contributed by atoms with van der Waals surface area (Å²) in [6.07, 6.45) is 4.02. The normalized spacial score (nSPS) is 19.7. The van der Waals surface area contributed by atoms with E-state index >= 15 is 0 Å². The maximum atomic E-state index is 10.7. The molecule has 2 rings (SSSR count). The van der Waals surface area contributed by atoms with Crippen molar-refractivity contribution in [3.8, 4) is 0 Å². The molecule has 0 amide bonds. The number of ether oxygens (including phenoxy) is 1. The number of carbonyl (C=O) groups is 1. The lowest BCUT2D eigenvalue weighted by Gasteiger charge is -2.21. The molecule has 0 bridgehead atoms. The fourth-order valence-corrected chi connectivity index (χ4v) is 2.21. The minimum absolute atomic E-state index is 0.228. The average molecular weight is 204 g/mol. The molecule has 0 unspecified atom stereocenters. The van der Waals surface area contributed by atoms with E-state index in [0.29, 0.717) is 6.61 Å². The van der Waals surface area contributed by atoms with Crippen molar-refractivity contribution in [2.45, 2.75) is 25.9 Å². The molecule has 1 aliphatic rings. The first-order valence-electron chi connectivity index (χ1n) is 5.38. The lowest BCUT2D eigenvalue weighted by Crippen LogP contribution is -2.15. The van der Waals surface area contributed by atoms with Gasteiger partial charge in [-0.2, -0.15) is 0 Å². The molecule has 0 N–H and O–H groups in total. The molecule has 80 valence electrons. The lowest BCUT2D eigenvalue weighted by atomic mass is 9.84. The summed E-state index contributed by atoms with van der Waals surface area (Å²) in [6, 6.07) is 6.44. The van der Waals surface area contributed by atoms with Crippen LogP contribution >= 0.6 is 0 Å². The molecule has 2 nitrogen and oxygen atoms in total. The third-order valence-corrected chi connectivity index (χ3v) is 3.04. The smallest absolute Gasteiger partial charge is 0.123 e. The lowest BCUT2D eigenvalue weighted by molar-refractivity contribution is -0.111. The topological polar surface area (TPSA) is 26.3 Å². The molecular formula is C13H16O2. The molecule has 0 saturated heterocycles. The summed E-state index contributed by atoms with van der Waals surface area (Å²) in [5, 5.41) is 0. The van der Waals surface area contributed by atoms with Crippen LogP contribution in [-0.4, -0.2) is 13.4 Å². The number of hydrogen-bond donors (Lipinski definition) is 0. The Kier molecular flexibility index (Phi) is 3.17. The highest BCUT2D eigenvalue weighted by Crippen LogP contribution is 2.25. The molecule has 0 radical (unpaired) electrons. The van der Waals surface area contributed by atoms with Gasteiger partial charge < -0.3 is 9.53 Å². The van der Waals surface area contributed by atoms with E-state index in [4.69, 9.17) is 4.74 Å². The maximum Gasteiger partial charge on any atom is 0.123 e. The Morgan fingerprint density at radius 2 is 2.33 bits per heavy atom. The van der Waals surface area contributed by atoms with Crippen LogP contribution in [0.3, 0.4) is 0 Å². The minimum atomic E-state index is 0.228. The van der Waals surface area contributed by atoms with Crippen molar-refractivity contribution in [3.05, 3.63) is 34.9 Å². The molecule has 0 saturated carbocycles. The predicted molar refractivity (Wildman–Crippen MR) is 58.7 cm³/mol. The zero-order valence-corrected chi connectivity index (χ0v) is 9.03. The Hall–Kier alpha value is -1.15. The summed E-state index contributed by atoms with van der Waals surface area (Å²) in [5.41, 5.74) is 3.95. The van der Waals surface area contributed by atoms with Crippen LogP contribution in [0.2, 0.25) is 0 Å². The number of fused-ring (bicyclic) bond motifs is 1. The Morgan fingerprint density at radius 3 is 3.07 bits per heavy atom. The average Bonchev–Trinajstić information content (AvgIpc) is 2.29. The number of aldehydes is 1.